The van der Waals surface area contributed by atoms with Crippen molar-refractivity contribution < 1.29 is 28.5 Å². The van der Waals surface area contributed by atoms with E-state index in [1.165, 1.54) is 19.9 Å². The van der Waals surface area contributed by atoms with Gasteiger partial charge in [-0.25, -0.2) is 9.98 Å². The number of hydrogen-bond donors (Lipinski definition) is 1. The number of benzene rings is 5. The molecule has 0 amide bonds. The number of nitrogens with zero attached hydrogens (tertiary/aromatic N) is 2. The number of para-hydroxylation sites is 2. The summed E-state index contributed by atoms with van der Waals surface area (Å²) in [6.45, 7) is 2.80. The molecule has 0 radical (unpaired) electrons. The number of hydrogen-bond acceptors (Lipinski definition) is 9. The Bertz CT molecular complexity index is 2090. The Morgan fingerprint density at radius 3 is 2.02 bits per heavy atom. The quantitative estimate of drug-likeness (QED) is 0.164. The number of anilines is 1. The summed E-state index contributed by atoms with van der Waals surface area (Å²) < 4.78 is 25.0. The Labute approximate surface area is 245 Å². The summed E-state index contributed by atoms with van der Waals surface area (Å²) >= 11 is 0. The monoisotopic (exact) mass is 569 g/mol. The van der Waals surface area contributed by atoms with E-state index in [4.69, 9.17) is 34.7 Å². The molecule has 43 heavy (non-hydrogen) atoms. The second-order valence-electron chi connectivity index (χ2n) is 9.96. The second-order valence-corrected chi connectivity index (χ2v) is 9.96. The molecule has 0 aliphatic carbocycles. The fourth-order valence-electron chi connectivity index (χ4n) is 4.92. The van der Waals surface area contributed by atoms with Gasteiger partial charge in [0.1, 0.15) is 33.9 Å². The van der Waals surface area contributed by atoms with Crippen LogP contribution in [0.2, 0.25) is 0 Å². The molecular formula is C34H23N3O6. The number of carbonyl (C=O) groups excluding carboxylic acids is 2. The number of fused-ring (bicyclic) bond motifs is 4. The van der Waals surface area contributed by atoms with E-state index in [-0.39, 0.29) is 28.4 Å². The molecule has 5 aromatic rings. The fourth-order valence-corrected chi connectivity index (χ4v) is 4.92. The number of nitrogen functional groups attached to an aromatic ring is 1. The van der Waals surface area contributed by atoms with Crippen LogP contribution in [0.3, 0.4) is 0 Å². The minimum absolute atomic E-state index is 0.254. The van der Waals surface area contributed by atoms with Gasteiger partial charge in [0.05, 0.1) is 0 Å². The number of ether oxygens (including phenoxy) is 4. The van der Waals surface area contributed by atoms with E-state index in [1.54, 1.807) is 36.4 Å². The summed E-state index contributed by atoms with van der Waals surface area (Å²) in [5.41, 5.74) is 8.10. The minimum atomic E-state index is -0.259. The topological polar surface area (TPSA) is 122 Å². The van der Waals surface area contributed by atoms with E-state index in [0.717, 1.165) is 0 Å². The van der Waals surface area contributed by atoms with Crippen molar-refractivity contribution in [2.75, 3.05) is 5.73 Å². The molecule has 7 rings (SSSR count). The van der Waals surface area contributed by atoms with Crippen LogP contribution < -0.4 is 35.4 Å². The molecule has 2 aliphatic rings. The van der Waals surface area contributed by atoms with Crippen LogP contribution in [0.1, 0.15) is 34.6 Å². The van der Waals surface area contributed by atoms with Gasteiger partial charge in [-0.1, -0.05) is 36.4 Å². The maximum absolute atomic E-state index is 12.4. The summed E-state index contributed by atoms with van der Waals surface area (Å²) in [5, 5.41) is 0.738. The van der Waals surface area contributed by atoms with Crippen LogP contribution in [0.15, 0.2) is 101 Å². The fraction of sp³-hybridized carbons (Fsp3) is 0.0588. The number of ketones is 2. The van der Waals surface area contributed by atoms with Crippen LogP contribution in [0, 0.1) is 0 Å². The van der Waals surface area contributed by atoms with Crippen LogP contribution in [-0.4, -0.2) is 11.6 Å². The van der Waals surface area contributed by atoms with Gasteiger partial charge < -0.3 is 24.7 Å². The first kappa shape index (κ1) is 26.0. The largest absolute Gasteiger partial charge is 0.455 e. The van der Waals surface area contributed by atoms with Gasteiger partial charge in [0.15, 0.2) is 45.7 Å². The van der Waals surface area contributed by atoms with Crippen LogP contribution >= 0.6 is 0 Å². The van der Waals surface area contributed by atoms with Gasteiger partial charge in [-0.2, -0.15) is 0 Å². The van der Waals surface area contributed by atoms with Gasteiger partial charge in [-0.05, 0) is 62.4 Å². The highest BCUT2D eigenvalue weighted by molar-refractivity contribution is 6.08. The van der Waals surface area contributed by atoms with Gasteiger partial charge in [0.25, 0.3) is 0 Å². The van der Waals surface area contributed by atoms with E-state index in [0.29, 0.717) is 68.0 Å². The lowest BCUT2D eigenvalue weighted by Crippen LogP contribution is -2.22. The van der Waals surface area contributed by atoms with Crippen LogP contribution in [0.4, 0.5) is 17.1 Å². The predicted molar refractivity (Wildman–Crippen MR) is 159 cm³/mol. The molecule has 2 N–H and O–H groups in total. The molecule has 0 aromatic heterocycles. The standard InChI is InChI=1S/C34H23N3O6/c1-18(38)22-15-24-28(16-23(22)19(2)39)42-29-17-25-33(34(32(29)36-24)41-21-11-7-4-8-12-21)43-27-14-13-26(30(35)31(27)37-25)40-20-9-5-3-6-10-20/h3-17H,35H2,1-2H3. The first-order chi connectivity index (χ1) is 20.9. The van der Waals surface area contributed by atoms with Crippen molar-refractivity contribution in [1.82, 2.24) is 0 Å². The number of Topliss-reactive ketones (excluding diaryl/α,β-unsaturated/α-hetero) is 2. The molecule has 0 bridgehead atoms. The lowest BCUT2D eigenvalue weighted by atomic mass is 9.99. The Balaban J connectivity index is 1.42. The van der Waals surface area contributed by atoms with Crippen molar-refractivity contribution in [1.29, 1.82) is 0 Å². The first-order valence-corrected chi connectivity index (χ1v) is 13.4. The highest BCUT2D eigenvalue weighted by Gasteiger charge is 2.28. The van der Waals surface area contributed by atoms with E-state index in [2.05, 4.69) is 0 Å². The molecule has 2 aliphatic heterocycles. The van der Waals surface area contributed by atoms with Crippen molar-refractivity contribution in [3.63, 3.8) is 0 Å². The molecule has 5 aromatic carbocycles. The zero-order chi connectivity index (χ0) is 29.7. The molecule has 9 nitrogen and oxygen atoms in total. The zero-order valence-electron chi connectivity index (χ0n) is 23.1. The molecule has 2 heterocycles. The third kappa shape index (κ3) is 4.62. The average molecular weight is 570 g/mol. The summed E-state index contributed by atoms with van der Waals surface area (Å²) in [4.78, 5) is 34.3. The Kier molecular flexibility index (Phi) is 6.13. The molecule has 0 spiro atoms. The number of carbonyl (C=O) groups is 2. The van der Waals surface area contributed by atoms with Crippen molar-refractivity contribution >= 4 is 28.6 Å². The zero-order valence-corrected chi connectivity index (χ0v) is 23.1. The molecule has 9 heteroatoms. The Morgan fingerprint density at radius 2 is 1.35 bits per heavy atom. The third-order valence-electron chi connectivity index (χ3n) is 6.98. The van der Waals surface area contributed by atoms with Crippen LogP contribution in [0.5, 0.6) is 46.0 Å². The lowest BCUT2D eigenvalue weighted by Gasteiger charge is -2.23. The highest BCUT2D eigenvalue weighted by Crippen LogP contribution is 2.47. The van der Waals surface area contributed by atoms with Crippen molar-refractivity contribution in [2.24, 2.45) is 9.98 Å². The van der Waals surface area contributed by atoms with E-state index in [9.17, 15) is 9.59 Å². The van der Waals surface area contributed by atoms with Gasteiger partial charge in [-0.3, -0.25) is 9.59 Å². The van der Waals surface area contributed by atoms with Crippen LogP contribution in [0.25, 0.3) is 0 Å². The van der Waals surface area contributed by atoms with Gasteiger partial charge >= 0.3 is 0 Å². The maximum atomic E-state index is 12.4. The summed E-state index contributed by atoms with van der Waals surface area (Å²) in [6.07, 6.45) is 0. The minimum Gasteiger partial charge on any atom is -0.455 e. The SMILES string of the molecule is CC(=O)c1cc2c(cc1C(C)=O)Oc1cc3c(c(Oc4ccccc4)c1=N2)Oc1ccc(Oc2ccccc2)c(N)c1N=3. The average Bonchev–Trinajstić information content (AvgIpc) is 3.01. The van der Waals surface area contributed by atoms with E-state index < -0.39 is 0 Å². The molecule has 0 fully saturated rings. The molecule has 0 unspecified atom stereocenters. The van der Waals surface area contributed by atoms with Crippen molar-refractivity contribution in [3.8, 4) is 46.0 Å². The maximum Gasteiger partial charge on any atom is 0.201 e. The number of nitrogens with two attached hydrogens (primary N) is 1. The molecular weight excluding hydrogens is 546 g/mol. The summed E-state index contributed by atoms with van der Waals surface area (Å²) in [7, 11) is 0. The Morgan fingerprint density at radius 1 is 0.698 bits per heavy atom. The smallest absolute Gasteiger partial charge is 0.201 e. The Hall–Kier alpha value is -5.96. The molecule has 0 saturated carbocycles. The normalized spacial score (nSPS) is 12.0. The third-order valence-corrected chi connectivity index (χ3v) is 6.98. The summed E-state index contributed by atoms with van der Waals surface area (Å²) in [6, 6.07) is 26.7. The van der Waals surface area contributed by atoms with Crippen LogP contribution in [-0.2, 0) is 0 Å². The second kappa shape index (κ2) is 10.1. The molecule has 0 atom stereocenters. The van der Waals surface area contributed by atoms with Gasteiger partial charge in [0, 0.05) is 17.2 Å². The van der Waals surface area contributed by atoms with Gasteiger partial charge in [-0.15, -0.1) is 0 Å². The first-order valence-electron chi connectivity index (χ1n) is 13.4. The predicted octanol–water partition coefficient (Wildman–Crippen LogP) is 7.37. The summed E-state index contributed by atoms with van der Waals surface area (Å²) in [5.74, 6) is 2.72. The van der Waals surface area contributed by atoms with E-state index >= 15 is 0 Å². The van der Waals surface area contributed by atoms with Crippen molar-refractivity contribution in [2.45, 2.75) is 13.8 Å². The van der Waals surface area contributed by atoms with Crippen molar-refractivity contribution in [3.05, 3.63) is 113 Å². The van der Waals surface area contributed by atoms with Gasteiger partial charge in [0.2, 0.25) is 5.75 Å². The van der Waals surface area contributed by atoms with E-state index in [1.807, 2.05) is 48.5 Å². The molecule has 210 valence electrons. The number of rotatable bonds is 6. The molecule has 0 saturated heterocycles. The lowest BCUT2D eigenvalue weighted by molar-refractivity contribution is 0.0980. The highest BCUT2D eigenvalue weighted by atomic mass is 16.5.